The Kier molecular flexibility index (Phi) is 4.56. The van der Waals surface area contributed by atoms with Gasteiger partial charge in [0.2, 0.25) is 0 Å². The van der Waals surface area contributed by atoms with Gasteiger partial charge in [0.15, 0.2) is 0 Å². The van der Waals surface area contributed by atoms with Crippen molar-refractivity contribution >= 4 is 0 Å². The zero-order valence-corrected chi connectivity index (χ0v) is 8.73. The fraction of sp³-hybridized carbons (Fsp3) is 0.545. The zero-order valence-electron chi connectivity index (χ0n) is 8.73. The lowest BCUT2D eigenvalue weighted by Gasteiger charge is -2.08. The number of rotatable bonds is 5. The number of aryl methyl sites for hydroxylation is 2. The van der Waals surface area contributed by atoms with Crippen molar-refractivity contribution in [3.8, 4) is 0 Å². The smallest absolute Gasteiger partial charge is 0.0777 e. The van der Waals surface area contributed by atoms with Crippen LogP contribution in [0.3, 0.4) is 0 Å². The van der Waals surface area contributed by atoms with E-state index in [1.54, 1.807) is 7.11 Å². The van der Waals surface area contributed by atoms with Crippen molar-refractivity contribution in [3.05, 3.63) is 29.6 Å². The van der Waals surface area contributed by atoms with Crippen LogP contribution in [0.1, 0.15) is 17.8 Å². The summed E-state index contributed by atoms with van der Waals surface area (Å²) in [5.74, 6) is 0. The Morgan fingerprint density at radius 2 is 2.29 bits per heavy atom. The van der Waals surface area contributed by atoms with Gasteiger partial charge in [-0.05, 0) is 31.9 Å². The molecule has 0 spiro atoms. The lowest BCUT2D eigenvalue weighted by atomic mass is 10.1. The van der Waals surface area contributed by atoms with Crippen LogP contribution in [-0.4, -0.2) is 29.9 Å². The van der Waals surface area contributed by atoms with Gasteiger partial charge in [-0.1, -0.05) is 6.07 Å². The van der Waals surface area contributed by atoms with E-state index in [-0.39, 0.29) is 6.10 Å². The summed E-state index contributed by atoms with van der Waals surface area (Å²) in [6.45, 7) is 2.36. The van der Waals surface area contributed by atoms with Gasteiger partial charge < -0.3 is 9.84 Å². The number of nitrogens with zero attached hydrogens (tertiary/aromatic N) is 1. The van der Waals surface area contributed by atoms with Crippen LogP contribution >= 0.6 is 0 Å². The van der Waals surface area contributed by atoms with E-state index in [4.69, 9.17) is 4.74 Å². The first-order chi connectivity index (χ1) is 6.72. The van der Waals surface area contributed by atoms with E-state index in [1.807, 2.05) is 25.1 Å². The summed E-state index contributed by atoms with van der Waals surface area (Å²) in [7, 11) is 1.59. The van der Waals surface area contributed by atoms with E-state index in [0.29, 0.717) is 13.0 Å². The predicted molar refractivity (Wildman–Crippen MR) is 55.2 cm³/mol. The summed E-state index contributed by atoms with van der Waals surface area (Å²) in [6.07, 6.45) is 1.11. The van der Waals surface area contributed by atoms with Gasteiger partial charge in [-0.3, -0.25) is 4.98 Å². The van der Waals surface area contributed by atoms with Crippen LogP contribution in [0.5, 0.6) is 0 Å². The van der Waals surface area contributed by atoms with Crippen LogP contribution in [-0.2, 0) is 11.2 Å². The third-order valence-electron chi connectivity index (χ3n) is 2.04. The fourth-order valence-corrected chi connectivity index (χ4v) is 1.33. The average Bonchev–Trinajstić information content (AvgIpc) is 2.15. The van der Waals surface area contributed by atoms with Crippen LogP contribution in [0.4, 0.5) is 0 Å². The summed E-state index contributed by atoms with van der Waals surface area (Å²) in [4.78, 5) is 4.35. The first-order valence-corrected chi connectivity index (χ1v) is 4.82. The Labute approximate surface area is 84.7 Å². The summed E-state index contributed by atoms with van der Waals surface area (Å²) >= 11 is 0. The molecule has 1 aromatic rings. The molecule has 3 nitrogen and oxygen atoms in total. The minimum absolute atomic E-state index is 0.387. The molecule has 1 N–H and O–H groups in total. The van der Waals surface area contributed by atoms with Gasteiger partial charge in [-0.15, -0.1) is 0 Å². The molecule has 0 aliphatic heterocycles. The molecule has 0 radical (unpaired) electrons. The summed E-state index contributed by atoms with van der Waals surface area (Å²) in [6, 6.07) is 5.93. The Balaban J connectivity index is 2.37. The molecule has 0 amide bonds. The van der Waals surface area contributed by atoms with Gasteiger partial charge >= 0.3 is 0 Å². The van der Waals surface area contributed by atoms with Gasteiger partial charge in [0.1, 0.15) is 0 Å². The number of aliphatic hydroxyl groups is 1. The van der Waals surface area contributed by atoms with E-state index in [1.165, 1.54) is 0 Å². The molecule has 1 unspecified atom stereocenters. The maximum Gasteiger partial charge on any atom is 0.0777 e. The molecule has 0 aliphatic carbocycles. The van der Waals surface area contributed by atoms with Crippen molar-refractivity contribution in [1.82, 2.24) is 4.98 Å². The van der Waals surface area contributed by atoms with Crippen molar-refractivity contribution < 1.29 is 9.84 Å². The highest BCUT2D eigenvalue weighted by atomic mass is 16.5. The molecule has 78 valence electrons. The lowest BCUT2D eigenvalue weighted by Crippen LogP contribution is -2.15. The van der Waals surface area contributed by atoms with Crippen molar-refractivity contribution in [3.63, 3.8) is 0 Å². The fourth-order valence-electron chi connectivity index (χ4n) is 1.33. The Morgan fingerprint density at radius 1 is 1.50 bits per heavy atom. The maximum atomic E-state index is 9.43. The number of methoxy groups -OCH3 is 1. The monoisotopic (exact) mass is 195 g/mol. The van der Waals surface area contributed by atoms with Crippen molar-refractivity contribution in [1.29, 1.82) is 0 Å². The quantitative estimate of drug-likeness (QED) is 0.770. The number of hydrogen-bond acceptors (Lipinski definition) is 3. The lowest BCUT2D eigenvalue weighted by molar-refractivity contribution is 0.0594. The largest absolute Gasteiger partial charge is 0.391 e. The van der Waals surface area contributed by atoms with E-state index in [0.717, 1.165) is 17.8 Å². The van der Waals surface area contributed by atoms with Gasteiger partial charge in [0.25, 0.3) is 0 Å². The summed E-state index contributed by atoms with van der Waals surface area (Å²) in [5.41, 5.74) is 2.05. The van der Waals surface area contributed by atoms with Crippen molar-refractivity contribution in [2.45, 2.75) is 25.9 Å². The predicted octanol–water partition coefficient (Wildman–Crippen LogP) is 1.33. The first-order valence-electron chi connectivity index (χ1n) is 4.82. The molecule has 0 bridgehead atoms. The van der Waals surface area contributed by atoms with Gasteiger partial charge in [-0.25, -0.2) is 0 Å². The molecule has 1 atom stereocenters. The standard InChI is InChI=1S/C11H17NO2/c1-9-4-3-5-10(12-9)6-7-11(13)8-14-2/h3-5,11,13H,6-8H2,1-2H3. The molecule has 14 heavy (non-hydrogen) atoms. The first kappa shape index (κ1) is 11.1. The molecular formula is C11H17NO2. The van der Waals surface area contributed by atoms with Crippen molar-refractivity contribution in [2.75, 3.05) is 13.7 Å². The molecule has 1 aromatic heterocycles. The van der Waals surface area contributed by atoms with Crippen LogP contribution < -0.4 is 0 Å². The summed E-state index contributed by atoms with van der Waals surface area (Å²) in [5, 5.41) is 9.43. The molecule has 0 saturated carbocycles. The highest BCUT2D eigenvalue weighted by Gasteiger charge is 2.04. The number of pyridine rings is 1. The number of ether oxygens (including phenoxy) is 1. The Bertz CT molecular complexity index is 276. The van der Waals surface area contributed by atoms with E-state index in [2.05, 4.69) is 4.98 Å². The maximum absolute atomic E-state index is 9.43. The molecule has 0 aliphatic rings. The molecule has 0 fully saturated rings. The number of aliphatic hydroxyl groups excluding tert-OH is 1. The van der Waals surface area contributed by atoms with Crippen LogP contribution in [0, 0.1) is 6.92 Å². The minimum atomic E-state index is -0.387. The van der Waals surface area contributed by atoms with E-state index in [9.17, 15) is 5.11 Å². The van der Waals surface area contributed by atoms with E-state index >= 15 is 0 Å². The molecule has 0 saturated heterocycles. The topological polar surface area (TPSA) is 42.4 Å². The van der Waals surface area contributed by atoms with Crippen LogP contribution in [0.2, 0.25) is 0 Å². The molecular weight excluding hydrogens is 178 g/mol. The number of aromatic nitrogens is 1. The third kappa shape index (κ3) is 3.85. The van der Waals surface area contributed by atoms with Gasteiger partial charge in [0.05, 0.1) is 12.7 Å². The van der Waals surface area contributed by atoms with Crippen molar-refractivity contribution in [2.24, 2.45) is 0 Å². The average molecular weight is 195 g/mol. The molecule has 3 heteroatoms. The Hall–Kier alpha value is -0.930. The summed E-state index contributed by atoms with van der Waals surface area (Å²) < 4.78 is 4.85. The Morgan fingerprint density at radius 3 is 2.93 bits per heavy atom. The van der Waals surface area contributed by atoms with Crippen LogP contribution in [0.15, 0.2) is 18.2 Å². The third-order valence-corrected chi connectivity index (χ3v) is 2.04. The second-order valence-electron chi connectivity index (χ2n) is 3.42. The van der Waals surface area contributed by atoms with Gasteiger partial charge in [0, 0.05) is 18.5 Å². The van der Waals surface area contributed by atoms with E-state index < -0.39 is 0 Å². The molecule has 0 aromatic carbocycles. The zero-order chi connectivity index (χ0) is 10.4. The van der Waals surface area contributed by atoms with Gasteiger partial charge in [-0.2, -0.15) is 0 Å². The molecule has 1 rings (SSSR count). The normalized spacial score (nSPS) is 12.8. The molecule has 1 heterocycles. The van der Waals surface area contributed by atoms with Crippen LogP contribution in [0.25, 0.3) is 0 Å². The highest BCUT2D eigenvalue weighted by Crippen LogP contribution is 2.04. The SMILES string of the molecule is COCC(O)CCc1cccc(C)n1. The highest BCUT2D eigenvalue weighted by molar-refractivity contribution is 5.09. The minimum Gasteiger partial charge on any atom is -0.391 e. The second kappa shape index (κ2) is 5.73. The number of hydrogen-bond donors (Lipinski definition) is 1. The second-order valence-corrected chi connectivity index (χ2v) is 3.42.